The molecule has 40 heavy (non-hydrogen) atoms. The Labute approximate surface area is 229 Å². The fourth-order valence-electron chi connectivity index (χ4n) is 4.84. The number of piperidine rings is 1. The van der Waals surface area contributed by atoms with Gasteiger partial charge in [-0.2, -0.15) is 5.10 Å². The molecule has 210 valence electrons. The third kappa shape index (κ3) is 5.46. The van der Waals surface area contributed by atoms with E-state index in [9.17, 15) is 17.2 Å². The molecule has 0 atom stereocenters. The Morgan fingerprint density at radius 2 is 1.60 bits per heavy atom. The molecule has 0 unspecified atom stereocenters. The van der Waals surface area contributed by atoms with E-state index in [0.717, 1.165) is 51.2 Å². The summed E-state index contributed by atoms with van der Waals surface area (Å²) < 4.78 is 87.9. The van der Waals surface area contributed by atoms with E-state index in [1.807, 2.05) is 0 Å². The van der Waals surface area contributed by atoms with Gasteiger partial charge in [0, 0.05) is 37.7 Å². The van der Waals surface area contributed by atoms with E-state index in [-0.39, 0.29) is 5.69 Å². The third-order valence-electron chi connectivity index (χ3n) is 7.03. The summed E-state index contributed by atoms with van der Waals surface area (Å²) in [5, 5.41) is 4.52. The Kier molecular flexibility index (Phi) is 7.90. The maximum absolute atomic E-state index is 16.1. The molecule has 0 spiro atoms. The van der Waals surface area contributed by atoms with Crippen molar-refractivity contribution in [2.45, 2.75) is 30.7 Å². The lowest BCUT2D eigenvalue weighted by molar-refractivity contribution is 0.218. The molecule has 1 aliphatic rings. The predicted molar refractivity (Wildman–Crippen MR) is 143 cm³/mol. The van der Waals surface area contributed by atoms with Crippen LogP contribution >= 0.6 is 0 Å². The number of hydrogen-bond donors (Lipinski definition) is 0. The van der Waals surface area contributed by atoms with E-state index in [2.05, 4.69) is 15.0 Å². The Hall–Kier alpha value is -3.77. The van der Waals surface area contributed by atoms with E-state index >= 15 is 8.78 Å². The number of rotatable bonds is 8. The lowest BCUT2D eigenvalue weighted by atomic mass is 10.0. The van der Waals surface area contributed by atoms with Gasteiger partial charge in [-0.1, -0.05) is 6.42 Å². The number of hydrogen-bond acceptors (Lipinski definition) is 5. The van der Waals surface area contributed by atoms with Crippen molar-refractivity contribution in [1.29, 1.82) is 0 Å². The standard InChI is InChI=1S/C28H27F4N5O2S/c1-35(40(38,39)25-17-20(29)5-6-22(25)30)24-8-7-23(31)26(27(24)32)28-21(19-9-11-33-12-10-19)18-37(34-28)16-15-36-13-3-2-4-14-36/h5-12,17-18H,2-4,13-16H2,1H3. The quantitative estimate of drug-likeness (QED) is 0.261. The summed E-state index contributed by atoms with van der Waals surface area (Å²) in [5.74, 6) is -4.35. The van der Waals surface area contributed by atoms with Crippen LogP contribution in [0.4, 0.5) is 23.2 Å². The monoisotopic (exact) mass is 573 g/mol. The van der Waals surface area contributed by atoms with Crippen molar-refractivity contribution in [2.24, 2.45) is 0 Å². The maximum atomic E-state index is 16.1. The molecule has 0 N–H and O–H groups in total. The molecular formula is C28H27F4N5O2S. The molecule has 1 saturated heterocycles. The van der Waals surface area contributed by atoms with Crippen LogP contribution in [0.5, 0.6) is 0 Å². The van der Waals surface area contributed by atoms with Crippen LogP contribution in [0.1, 0.15) is 19.3 Å². The Morgan fingerprint density at radius 1 is 0.900 bits per heavy atom. The van der Waals surface area contributed by atoms with E-state index in [0.29, 0.717) is 40.7 Å². The van der Waals surface area contributed by atoms with Crippen LogP contribution in [0.15, 0.2) is 66.0 Å². The zero-order valence-electron chi connectivity index (χ0n) is 21.7. The summed E-state index contributed by atoms with van der Waals surface area (Å²) in [4.78, 5) is 5.34. The number of halogens is 4. The summed E-state index contributed by atoms with van der Waals surface area (Å²) in [5.41, 5.74) is -0.0743. The molecular weight excluding hydrogens is 546 g/mol. The summed E-state index contributed by atoms with van der Waals surface area (Å²) in [7, 11) is -3.75. The number of nitrogens with zero attached hydrogens (tertiary/aromatic N) is 5. The van der Waals surface area contributed by atoms with Crippen molar-refractivity contribution in [1.82, 2.24) is 19.7 Å². The van der Waals surface area contributed by atoms with E-state index < -0.39 is 49.4 Å². The van der Waals surface area contributed by atoms with Gasteiger partial charge in [0.15, 0.2) is 5.82 Å². The first kappa shape index (κ1) is 27.8. The fraction of sp³-hybridized carbons (Fsp3) is 0.286. The number of likely N-dealkylation sites (tertiary alicyclic amines) is 1. The molecule has 0 saturated carbocycles. The van der Waals surface area contributed by atoms with Gasteiger partial charge in [0.2, 0.25) is 0 Å². The molecule has 0 radical (unpaired) electrons. The van der Waals surface area contributed by atoms with Crippen LogP contribution in [0.3, 0.4) is 0 Å². The third-order valence-corrected chi connectivity index (χ3v) is 8.81. The normalized spacial score (nSPS) is 14.4. The summed E-state index contributed by atoms with van der Waals surface area (Å²) in [6.07, 6.45) is 8.21. The van der Waals surface area contributed by atoms with Gasteiger partial charge in [0.25, 0.3) is 10.0 Å². The van der Waals surface area contributed by atoms with Gasteiger partial charge < -0.3 is 4.90 Å². The second-order valence-electron chi connectivity index (χ2n) is 9.60. The molecule has 2 aromatic carbocycles. The first-order valence-electron chi connectivity index (χ1n) is 12.8. The Morgan fingerprint density at radius 3 is 2.33 bits per heavy atom. The molecule has 0 bridgehead atoms. The predicted octanol–water partition coefficient (Wildman–Crippen LogP) is 5.48. The average molecular weight is 574 g/mol. The lowest BCUT2D eigenvalue weighted by Gasteiger charge is -2.26. The van der Waals surface area contributed by atoms with Crippen molar-refractivity contribution in [2.75, 3.05) is 31.0 Å². The summed E-state index contributed by atoms with van der Waals surface area (Å²) >= 11 is 0. The van der Waals surface area contributed by atoms with Gasteiger partial charge in [0.1, 0.15) is 28.0 Å². The van der Waals surface area contributed by atoms with Gasteiger partial charge in [0.05, 0.1) is 17.8 Å². The van der Waals surface area contributed by atoms with Crippen molar-refractivity contribution >= 4 is 15.7 Å². The first-order valence-corrected chi connectivity index (χ1v) is 14.2. The highest BCUT2D eigenvalue weighted by Gasteiger charge is 2.30. The molecule has 3 heterocycles. The van der Waals surface area contributed by atoms with E-state index in [1.165, 1.54) is 6.42 Å². The first-order chi connectivity index (χ1) is 19.2. The van der Waals surface area contributed by atoms with Crippen molar-refractivity contribution in [3.05, 3.63) is 84.3 Å². The minimum atomic E-state index is -4.74. The highest BCUT2D eigenvalue weighted by atomic mass is 32.2. The summed E-state index contributed by atoms with van der Waals surface area (Å²) in [6, 6.07) is 7.16. The van der Waals surface area contributed by atoms with Crippen LogP contribution in [-0.2, 0) is 16.6 Å². The zero-order chi connectivity index (χ0) is 28.4. The smallest absolute Gasteiger partial charge is 0.267 e. The molecule has 0 aliphatic carbocycles. The Balaban J connectivity index is 1.58. The summed E-state index contributed by atoms with van der Waals surface area (Å²) in [6.45, 7) is 3.14. The molecule has 7 nitrogen and oxygen atoms in total. The highest BCUT2D eigenvalue weighted by Crippen LogP contribution is 2.38. The van der Waals surface area contributed by atoms with Crippen LogP contribution in [0.2, 0.25) is 0 Å². The lowest BCUT2D eigenvalue weighted by Crippen LogP contribution is -2.32. The van der Waals surface area contributed by atoms with Crippen molar-refractivity contribution in [3.8, 4) is 22.4 Å². The van der Waals surface area contributed by atoms with Gasteiger partial charge in [-0.25, -0.2) is 26.0 Å². The van der Waals surface area contributed by atoms with Crippen LogP contribution < -0.4 is 4.31 Å². The number of pyridine rings is 1. The van der Waals surface area contributed by atoms with Gasteiger partial charge >= 0.3 is 0 Å². The van der Waals surface area contributed by atoms with Crippen molar-refractivity contribution in [3.63, 3.8) is 0 Å². The average Bonchev–Trinajstić information content (AvgIpc) is 3.37. The number of sulfonamides is 1. The molecule has 5 rings (SSSR count). The van der Waals surface area contributed by atoms with Crippen LogP contribution in [0.25, 0.3) is 22.4 Å². The highest BCUT2D eigenvalue weighted by molar-refractivity contribution is 7.92. The second kappa shape index (κ2) is 11.4. The van der Waals surface area contributed by atoms with Gasteiger partial charge in [-0.05, 0) is 74.0 Å². The molecule has 1 fully saturated rings. The maximum Gasteiger partial charge on any atom is 0.267 e. The molecule has 0 amide bonds. The minimum absolute atomic E-state index is 0.0237. The van der Waals surface area contributed by atoms with Crippen LogP contribution in [-0.4, -0.2) is 54.8 Å². The SMILES string of the molecule is CN(c1ccc(F)c(-c2nn(CCN3CCCCC3)cc2-c2ccncc2)c1F)S(=O)(=O)c1cc(F)ccc1F. The zero-order valence-corrected chi connectivity index (χ0v) is 22.5. The Bertz CT molecular complexity index is 1620. The van der Waals surface area contributed by atoms with Crippen LogP contribution in [0, 0.1) is 23.3 Å². The number of benzene rings is 2. The second-order valence-corrected chi connectivity index (χ2v) is 11.5. The number of aromatic nitrogens is 3. The van der Waals surface area contributed by atoms with Gasteiger partial charge in [-0.15, -0.1) is 0 Å². The van der Waals surface area contributed by atoms with E-state index in [4.69, 9.17) is 0 Å². The fourth-order valence-corrected chi connectivity index (χ4v) is 6.11. The topological polar surface area (TPSA) is 71.3 Å². The largest absolute Gasteiger partial charge is 0.301 e. The minimum Gasteiger partial charge on any atom is -0.301 e. The molecule has 12 heteroatoms. The molecule has 2 aromatic heterocycles. The van der Waals surface area contributed by atoms with Crippen molar-refractivity contribution < 1.29 is 26.0 Å². The molecule has 4 aromatic rings. The van der Waals surface area contributed by atoms with E-state index in [1.54, 1.807) is 35.4 Å². The number of anilines is 1. The van der Waals surface area contributed by atoms with Gasteiger partial charge in [-0.3, -0.25) is 14.0 Å². The molecule has 1 aliphatic heterocycles.